The minimum absolute atomic E-state index is 0.0429. The van der Waals surface area contributed by atoms with Crippen LogP contribution in [0.25, 0.3) is 0 Å². The van der Waals surface area contributed by atoms with Crippen molar-refractivity contribution < 1.29 is 9.53 Å². The molecule has 0 fully saturated rings. The van der Waals surface area contributed by atoms with E-state index in [2.05, 4.69) is 5.32 Å². The van der Waals surface area contributed by atoms with E-state index in [0.717, 1.165) is 11.4 Å². The smallest absolute Gasteiger partial charge is 0.230 e. The van der Waals surface area contributed by atoms with Gasteiger partial charge in [0.1, 0.15) is 5.75 Å². The Labute approximate surface area is 131 Å². The first kappa shape index (κ1) is 17.4. The number of ether oxygens (including phenoxy) is 1. The number of carbonyl (C=O) groups is 1. The molecule has 0 bridgehead atoms. The molecule has 2 aromatic rings. The first-order valence-electron chi connectivity index (χ1n) is 7.26. The fourth-order valence-corrected chi connectivity index (χ4v) is 1.78. The maximum absolute atomic E-state index is 11.8. The fraction of sp³-hybridized carbons (Fsp3) is 0.222. The lowest BCUT2D eigenvalue weighted by atomic mass is 10.1. The van der Waals surface area contributed by atoms with Gasteiger partial charge in [-0.3, -0.25) is 4.79 Å². The van der Waals surface area contributed by atoms with E-state index in [1.807, 2.05) is 44.2 Å². The number of benzene rings is 2. The standard InChI is InChI=1S/C16H16N2O2.C2H6/c1-20-14-9-7-12(8-10-14)15(17)11-16(19)18-13-5-3-2-4-6-13;1-2/h2-10,17H,11H2,1H3,(H,18,19);1-2H3. The third-order valence-corrected chi connectivity index (χ3v) is 2.83. The molecular weight excluding hydrogens is 276 g/mol. The van der Waals surface area contributed by atoms with Crippen LogP contribution >= 0.6 is 0 Å². The highest BCUT2D eigenvalue weighted by Gasteiger charge is 2.08. The monoisotopic (exact) mass is 298 g/mol. The van der Waals surface area contributed by atoms with Crippen molar-refractivity contribution in [1.82, 2.24) is 0 Å². The summed E-state index contributed by atoms with van der Waals surface area (Å²) in [4.78, 5) is 11.8. The summed E-state index contributed by atoms with van der Waals surface area (Å²) in [5.74, 6) is 0.535. The average molecular weight is 298 g/mol. The molecule has 0 saturated heterocycles. The van der Waals surface area contributed by atoms with Gasteiger partial charge >= 0.3 is 0 Å². The molecule has 0 aromatic heterocycles. The average Bonchev–Trinajstić information content (AvgIpc) is 2.57. The quantitative estimate of drug-likeness (QED) is 0.816. The minimum atomic E-state index is -0.197. The van der Waals surface area contributed by atoms with Crippen LogP contribution in [0.2, 0.25) is 0 Å². The van der Waals surface area contributed by atoms with E-state index in [1.165, 1.54) is 0 Å². The highest BCUT2D eigenvalue weighted by molar-refractivity contribution is 6.12. The van der Waals surface area contributed by atoms with Crippen molar-refractivity contribution in [3.8, 4) is 5.75 Å². The van der Waals surface area contributed by atoms with Gasteiger partial charge in [-0.1, -0.05) is 32.0 Å². The summed E-state index contributed by atoms with van der Waals surface area (Å²) in [5.41, 5.74) is 1.73. The van der Waals surface area contributed by atoms with Crippen molar-refractivity contribution in [2.75, 3.05) is 12.4 Å². The first-order valence-corrected chi connectivity index (χ1v) is 7.26. The summed E-state index contributed by atoms with van der Waals surface area (Å²) >= 11 is 0. The normalized spacial score (nSPS) is 9.23. The van der Waals surface area contributed by atoms with Crippen LogP contribution < -0.4 is 10.1 Å². The molecule has 2 rings (SSSR count). The van der Waals surface area contributed by atoms with E-state index >= 15 is 0 Å². The molecular formula is C18H22N2O2. The van der Waals surface area contributed by atoms with Gasteiger partial charge in [-0.25, -0.2) is 0 Å². The zero-order chi connectivity index (χ0) is 16.4. The van der Waals surface area contributed by atoms with Crippen LogP contribution in [0.3, 0.4) is 0 Å². The van der Waals surface area contributed by atoms with Gasteiger partial charge in [-0.05, 0) is 42.0 Å². The van der Waals surface area contributed by atoms with Crippen LogP contribution in [0.15, 0.2) is 54.6 Å². The molecule has 0 spiro atoms. The fourth-order valence-electron chi connectivity index (χ4n) is 1.78. The summed E-state index contributed by atoms with van der Waals surface area (Å²) < 4.78 is 5.06. The summed E-state index contributed by atoms with van der Waals surface area (Å²) in [6.07, 6.45) is 0.0429. The van der Waals surface area contributed by atoms with Crippen LogP contribution in [0.4, 0.5) is 5.69 Å². The van der Waals surface area contributed by atoms with Gasteiger partial charge < -0.3 is 15.5 Å². The molecule has 0 aliphatic heterocycles. The highest BCUT2D eigenvalue weighted by atomic mass is 16.5. The highest BCUT2D eigenvalue weighted by Crippen LogP contribution is 2.13. The number of amides is 1. The zero-order valence-corrected chi connectivity index (χ0v) is 13.2. The molecule has 2 aromatic carbocycles. The molecule has 0 aliphatic carbocycles. The van der Waals surface area contributed by atoms with Crippen molar-refractivity contribution in [1.29, 1.82) is 5.41 Å². The van der Waals surface area contributed by atoms with E-state index in [4.69, 9.17) is 10.1 Å². The van der Waals surface area contributed by atoms with Crippen molar-refractivity contribution in [2.24, 2.45) is 0 Å². The molecule has 22 heavy (non-hydrogen) atoms. The van der Waals surface area contributed by atoms with Gasteiger partial charge in [-0.2, -0.15) is 0 Å². The Morgan fingerprint density at radius 2 is 1.64 bits per heavy atom. The van der Waals surface area contributed by atoms with Crippen LogP contribution in [0.5, 0.6) is 5.75 Å². The molecule has 0 atom stereocenters. The van der Waals surface area contributed by atoms with E-state index in [-0.39, 0.29) is 18.0 Å². The first-order chi connectivity index (χ1) is 10.7. The number of para-hydroxylation sites is 1. The number of rotatable bonds is 5. The van der Waals surface area contributed by atoms with Crippen LogP contribution in [-0.4, -0.2) is 18.7 Å². The molecule has 0 unspecified atom stereocenters. The zero-order valence-electron chi connectivity index (χ0n) is 13.2. The maximum Gasteiger partial charge on any atom is 0.230 e. The van der Waals surface area contributed by atoms with Crippen molar-refractivity contribution >= 4 is 17.3 Å². The number of methoxy groups -OCH3 is 1. The van der Waals surface area contributed by atoms with Crippen LogP contribution in [0, 0.1) is 5.41 Å². The number of hydrogen-bond donors (Lipinski definition) is 2. The largest absolute Gasteiger partial charge is 0.497 e. The maximum atomic E-state index is 11.8. The minimum Gasteiger partial charge on any atom is -0.497 e. The molecule has 0 aliphatic rings. The van der Waals surface area contributed by atoms with Crippen LogP contribution in [-0.2, 0) is 4.79 Å². The molecule has 0 radical (unpaired) electrons. The Hall–Kier alpha value is -2.62. The molecule has 4 nitrogen and oxygen atoms in total. The molecule has 2 N–H and O–H groups in total. The molecule has 0 saturated carbocycles. The number of anilines is 1. The van der Waals surface area contributed by atoms with Crippen molar-refractivity contribution in [2.45, 2.75) is 20.3 Å². The summed E-state index contributed by atoms with van der Waals surface area (Å²) in [7, 11) is 1.59. The summed E-state index contributed by atoms with van der Waals surface area (Å²) in [5, 5.41) is 10.7. The Bertz CT molecular complexity index is 592. The third kappa shape index (κ3) is 5.40. The Balaban J connectivity index is 0.00000116. The summed E-state index contributed by atoms with van der Waals surface area (Å²) in [6, 6.07) is 16.3. The SMILES string of the molecule is CC.COc1ccc(C(=N)CC(=O)Nc2ccccc2)cc1. The molecule has 1 amide bonds. The predicted molar refractivity (Wildman–Crippen MR) is 90.9 cm³/mol. The van der Waals surface area contributed by atoms with Gasteiger partial charge in [0, 0.05) is 11.4 Å². The van der Waals surface area contributed by atoms with Gasteiger partial charge in [0.25, 0.3) is 0 Å². The molecule has 0 heterocycles. The number of nitrogens with one attached hydrogen (secondary N) is 2. The van der Waals surface area contributed by atoms with Gasteiger partial charge in [0.2, 0.25) is 5.91 Å². The summed E-state index contributed by atoms with van der Waals surface area (Å²) in [6.45, 7) is 4.00. The van der Waals surface area contributed by atoms with Crippen molar-refractivity contribution in [3.05, 3.63) is 60.2 Å². The predicted octanol–water partition coefficient (Wildman–Crippen LogP) is 4.12. The van der Waals surface area contributed by atoms with Gasteiger partial charge in [0.05, 0.1) is 13.5 Å². The van der Waals surface area contributed by atoms with E-state index in [0.29, 0.717) is 5.56 Å². The lowest BCUT2D eigenvalue weighted by molar-refractivity contribution is -0.115. The third-order valence-electron chi connectivity index (χ3n) is 2.83. The van der Waals surface area contributed by atoms with Gasteiger partial charge in [0.15, 0.2) is 0 Å². The Kier molecular flexibility index (Phi) is 7.40. The number of hydrogen-bond acceptors (Lipinski definition) is 3. The second-order valence-corrected chi connectivity index (χ2v) is 4.30. The lowest BCUT2D eigenvalue weighted by Crippen LogP contribution is -2.16. The second kappa shape index (κ2) is 9.34. The van der Waals surface area contributed by atoms with E-state index in [9.17, 15) is 4.79 Å². The van der Waals surface area contributed by atoms with E-state index < -0.39 is 0 Å². The molecule has 116 valence electrons. The Morgan fingerprint density at radius 1 is 1.05 bits per heavy atom. The lowest BCUT2D eigenvalue weighted by Gasteiger charge is -2.07. The van der Waals surface area contributed by atoms with Crippen LogP contribution in [0.1, 0.15) is 25.8 Å². The topological polar surface area (TPSA) is 62.2 Å². The second-order valence-electron chi connectivity index (χ2n) is 4.30. The Morgan fingerprint density at radius 3 is 2.18 bits per heavy atom. The van der Waals surface area contributed by atoms with E-state index in [1.54, 1.807) is 31.4 Å². The van der Waals surface area contributed by atoms with Gasteiger partial charge in [-0.15, -0.1) is 0 Å². The van der Waals surface area contributed by atoms with Crippen molar-refractivity contribution in [3.63, 3.8) is 0 Å². The molecule has 4 heteroatoms. The number of carbonyl (C=O) groups excluding carboxylic acids is 1.